The van der Waals surface area contributed by atoms with Crippen LogP contribution in [-0.4, -0.2) is 36.9 Å². The van der Waals surface area contributed by atoms with Crippen LogP contribution >= 0.6 is 11.6 Å². The van der Waals surface area contributed by atoms with Crippen LogP contribution in [0, 0.1) is 18.7 Å². The third-order valence-corrected chi connectivity index (χ3v) is 5.77. The fourth-order valence-electron chi connectivity index (χ4n) is 3.78. The number of carbonyl (C=O) groups is 2. The number of nitrogens with one attached hydrogen (secondary N) is 1. The Morgan fingerprint density at radius 2 is 2.10 bits per heavy atom. The summed E-state index contributed by atoms with van der Waals surface area (Å²) < 4.78 is 19.4. The van der Waals surface area contributed by atoms with Crippen LogP contribution in [0.15, 0.2) is 36.4 Å². The van der Waals surface area contributed by atoms with Crippen LogP contribution in [0.1, 0.15) is 41.6 Å². The minimum atomic E-state index is -0.680. The molecule has 0 spiro atoms. The fraction of sp³-hybridized carbons (Fsp3) is 0.391. The fourth-order valence-corrected chi connectivity index (χ4v) is 3.95. The van der Waals surface area contributed by atoms with Crippen LogP contribution in [0.4, 0.5) is 10.1 Å². The van der Waals surface area contributed by atoms with Gasteiger partial charge in [-0.1, -0.05) is 17.7 Å². The second-order valence-corrected chi connectivity index (χ2v) is 8.04. The molecule has 1 N–H and O–H groups in total. The van der Waals surface area contributed by atoms with Gasteiger partial charge in [0.2, 0.25) is 5.91 Å². The quantitative estimate of drug-likeness (QED) is 0.693. The number of ether oxygens (including phenoxy) is 1. The Balaban J connectivity index is 1.54. The molecule has 5 nitrogen and oxygen atoms in total. The lowest BCUT2D eigenvalue weighted by atomic mass is 9.92. The molecule has 1 fully saturated rings. The zero-order valence-electron chi connectivity index (χ0n) is 17.2. The predicted octanol–water partition coefficient (Wildman–Crippen LogP) is 5.07. The van der Waals surface area contributed by atoms with E-state index in [-0.39, 0.29) is 28.3 Å². The Hall–Kier alpha value is -2.60. The number of benzene rings is 2. The van der Waals surface area contributed by atoms with Crippen molar-refractivity contribution in [2.45, 2.75) is 32.6 Å². The maximum absolute atomic E-state index is 14.2. The lowest BCUT2D eigenvalue weighted by Crippen LogP contribution is -2.40. The number of carbonyl (C=O) groups excluding carboxylic acids is 2. The predicted molar refractivity (Wildman–Crippen MR) is 116 cm³/mol. The van der Waals surface area contributed by atoms with E-state index < -0.39 is 5.82 Å². The van der Waals surface area contributed by atoms with Crippen molar-refractivity contribution in [1.29, 1.82) is 0 Å². The summed E-state index contributed by atoms with van der Waals surface area (Å²) in [5.74, 6) is -0.146. The first-order valence-electron chi connectivity index (χ1n) is 10.1. The molecular formula is C23H26ClFN2O3. The first-order chi connectivity index (χ1) is 14.4. The van der Waals surface area contributed by atoms with Crippen molar-refractivity contribution in [1.82, 2.24) is 4.90 Å². The summed E-state index contributed by atoms with van der Waals surface area (Å²) in [5, 5.41) is 2.88. The highest BCUT2D eigenvalue weighted by Gasteiger charge is 2.27. The Labute approximate surface area is 181 Å². The number of piperidine rings is 1. The standard InChI is InChI=1S/C23H26ClFN2O3/c1-15-13-17(30-2)9-10-20(15)26-21(28)11-8-16-5-4-12-27(14-16)23(29)18-6-3-7-19(24)22(18)25/h3,6-7,9-10,13,16H,4-5,8,11-12,14H2,1-2H3,(H,26,28). The number of hydrogen-bond donors (Lipinski definition) is 1. The van der Waals surface area contributed by atoms with Gasteiger partial charge in [0.05, 0.1) is 17.7 Å². The molecule has 1 atom stereocenters. The third kappa shape index (κ3) is 5.30. The lowest BCUT2D eigenvalue weighted by Gasteiger charge is -2.33. The van der Waals surface area contributed by atoms with Crippen molar-refractivity contribution in [2.24, 2.45) is 5.92 Å². The van der Waals surface area contributed by atoms with Crippen LogP contribution < -0.4 is 10.1 Å². The van der Waals surface area contributed by atoms with Gasteiger partial charge in [-0.15, -0.1) is 0 Å². The SMILES string of the molecule is COc1ccc(NC(=O)CCC2CCCN(C(=O)c3cccc(Cl)c3F)C2)c(C)c1. The molecule has 3 rings (SSSR count). The lowest BCUT2D eigenvalue weighted by molar-refractivity contribution is -0.116. The van der Waals surface area contributed by atoms with E-state index >= 15 is 0 Å². The van der Waals surface area contributed by atoms with Gasteiger partial charge in [-0.2, -0.15) is 0 Å². The monoisotopic (exact) mass is 432 g/mol. The van der Waals surface area contributed by atoms with Gasteiger partial charge in [0.15, 0.2) is 5.82 Å². The Bertz CT molecular complexity index is 935. The topological polar surface area (TPSA) is 58.6 Å². The molecule has 1 heterocycles. The highest BCUT2D eigenvalue weighted by molar-refractivity contribution is 6.31. The number of aryl methyl sites for hydroxylation is 1. The van der Waals surface area contributed by atoms with Crippen molar-refractivity contribution in [3.63, 3.8) is 0 Å². The number of anilines is 1. The summed E-state index contributed by atoms with van der Waals surface area (Å²) in [6, 6.07) is 9.96. The Morgan fingerprint density at radius 3 is 2.83 bits per heavy atom. The van der Waals surface area contributed by atoms with E-state index in [1.807, 2.05) is 25.1 Å². The van der Waals surface area contributed by atoms with E-state index in [4.69, 9.17) is 16.3 Å². The van der Waals surface area contributed by atoms with Gasteiger partial charge in [0.1, 0.15) is 5.75 Å². The molecule has 1 aliphatic heterocycles. The van der Waals surface area contributed by atoms with Crippen molar-refractivity contribution < 1.29 is 18.7 Å². The molecule has 0 saturated carbocycles. The number of rotatable bonds is 6. The molecule has 1 unspecified atom stereocenters. The van der Waals surface area contributed by atoms with Gasteiger partial charge in [-0.25, -0.2) is 4.39 Å². The number of likely N-dealkylation sites (tertiary alicyclic amines) is 1. The second-order valence-electron chi connectivity index (χ2n) is 7.63. The summed E-state index contributed by atoms with van der Waals surface area (Å²) in [7, 11) is 1.60. The summed E-state index contributed by atoms with van der Waals surface area (Å²) in [6.45, 7) is 3.01. The van der Waals surface area contributed by atoms with E-state index in [0.29, 0.717) is 25.9 Å². The van der Waals surface area contributed by atoms with Gasteiger partial charge in [0.25, 0.3) is 5.91 Å². The van der Waals surface area contributed by atoms with Crippen molar-refractivity contribution >= 4 is 29.1 Å². The number of amides is 2. The molecule has 2 aromatic rings. The van der Waals surface area contributed by atoms with E-state index in [0.717, 1.165) is 29.8 Å². The van der Waals surface area contributed by atoms with Crippen molar-refractivity contribution in [3.8, 4) is 5.75 Å². The van der Waals surface area contributed by atoms with E-state index in [2.05, 4.69) is 5.32 Å². The van der Waals surface area contributed by atoms with Crippen molar-refractivity contribution in [3.05, 3.63) is 58.4 Å². The normalized spacial score (nSPS) is 16.3. The zero-order chi connectivity index (χ0) is 21.7. The number of hydrogen-bond acceptors (Lipinski definition) is 3. The van der Waals surface area contributed by atoms with E-state index in [9.17, 15) is 14.0 Å². The highest BCUT2D eigenvalue weighted by Crippen LogP contribution is 2.26. The van der Waals surface area contributed by atoms with Gasteiger partial charge < -0.3 is 15.0 Å². The summed E-state index contributed by atoms with van der Waals surface area (Å²) in [4.78, 5) is 26.8. The minimum Gasteiger partial charge on any atom is -0.497 e. The van der Waals surface area contributed by atoms with Gasteiger partial charge in [0, 0.05) is 25.2 Å². The van der Waals surface area contributed by atoms with Crippen molar-refractivity contribution in [2.75, 3.05) is 25.5 Å². The smallest absolute Gasteiger partial charge is 0.256 e. The first-order valence-corrected chi connectivity index (χ1v) is 10.4. The molecule has 1 aliphatic rings. The maximum atomic E-state index is 14.2. The van der Waals surface area contributed by atoms with Crippen LogP contribution in [0.2, 0.25) is 5.02 Å². The molecular weight excluding hydrogens is 407 g/mol. The molecule has 160 valence electrons. The first kappa shape index (κ1) is 22.1. The molecule has 7 heteroatoms. The Kier molecular flexibility index (Phi) is 7.32. The zero-order valence-corrected chi connectivity index (χ0v) is 18.0. The summed E-state index contributed by atoms with van der Waals surface area (Å²) in [6.07, 6.45) is 2.81. The second kappa shape index (κ2) is 9.94. The van der Waals surface area contributed by atoms with Gasteiger partial charge >= 0.3 is 0 Å². The molecule has 1 saturated heterocycles. The third-order valence-electron chi connectivity index (χ3n) is 5.48. The molecule has 0 radical (unpaired) electrons. The van der Waals surface area contributed by atoms with Gasteiger partial charge in [-0.05, 0) is 68.0 Å². The average molecular weight is 433 g/mol. The number of nitrogens with zero attached hydrogens (tertiary/aromatic N) is 1. The van der Waals surface area contributed by atoms with E-state index in [1.54, 1.807) is 18.1 Å². The Morgan fingerprint density at radius 1 is 1.30 bits per heavy atom. The largest absolute Gasteiger partial charge is 0.497 e. The summed E-state index contributed by atoms with van der Waals surface area (Å²) >= 11 is 5.81. The highest BCUT2D eigenvalue weighted by atomic mass is 35.5. The summed E-state index contributed by atoms with van der Waals surface area (Å²) in [5.41, 5.74) is 1.69. The average Bonchev–Trinajstić information content (AvgIpc) is 2.75. The molecule has 0 aromatic heterocycles. The van der Waals surface area contributed by atoms with E-state index in [1.165, 1.54) is 12.1 Å². The molecule has 0 bridgehead atoms. The van der Waals surface area contributed by atoms with Gasteiger partial charge in [-0.3, -0.25) is 9.59 Å². The van der Waals surface area contributed by atoms with Crippen LogP contribution in [0.25, 0.3) is 0 Å². The minimum absolute atomic E-state index is 0.00382. The van der Waals surface area contributed by atoms with Crippen LogP contribution in [-0.2, 0) is 4.79 Å². The molecule has 2 amide bonds. The molecule has 0 aliphatic carbocycles. The van der Waals surface area contributed by atoms with Crippen LogP contribution in [0.3, 0.4) is 0 Å². The number of halogens is 2. The van der Waals surface area contributed by atoms with Crippen LogP contribution in [0.5, 0.6) is 5.75 Å². The number of methoxy groups -OCH3 is 1. The molecule has 30 heavy (non-hydrogen) atoms. The maximum Gasteiger partial charge on any atom is 0.256 e. The molecule has 2 aromatic carbocycles.